The molecule has 4 nitrogen and oxygen atoms in total. The number of hydrogen-bond acceptors (Lipinski definition) is 4. The second kappa shape index (κ2) is 6.24. The van der Waals surface area contributed by atoms with Gasteiger partial charge in [0.05, 0.1) is 18.8 Å². The van der Waals surface area contributed by atoms with Crippen LogP contribution in [0.25, 0.3) is 0 Å². The molecule has 1 saturated carbocycles. The zero-order valence-electron chi connectivity index (χ0n) is 12.7. The largest absolute Gasteiger partial charge is 0.490 e. The zero-order chi connectivity index (χ0) is 14.7. The van der Waals surface area contributed by atoms with Crippen molar-refractivity contribution in [3.63, 3.8) is 0 Å². The number of benzene rings is 1. The van der Waals surface area contributed by atoms with Crippen LogP contribution in [0.1, 0.15) is 50.6 Å². The zero-order valence-corrected chi connectivity index (χ0v) is 12.7. The Balaban J connectivity index is 1.64. The monoisotopic (exact) mass is 291 g/mol. The molecule has 0 spiro atoms. The lowest BCUT2D eigenvalue weighted by Gasteiger charge is -2.25. The SMILES string of the molecule is CC(NCC1(O)CCCC1)c1ccc2c(c1)OCCCO2. The molecule has 1 aromatic carbocycles. The molecule has 0 saturated heterocycles. The van der Waals surface area contributed by atoms with Gasteiger partial charge in [0.2, 0.25) is 0 Å². The van der Waals surface area contributed by atoms with E-state index < -0.39 is 5.60 Å². The fourth-order valence-corrected chi connectivity index (χ4v) is 3.12. The molecule has 1 aliphatic heterocycles. The summed E-state index contributed by atoms with van der Waals surface area (Å²) in [6.45, 7) is 4.20. The van der Waals surface area contributed by atoms with E-state index >= 15 is 0 Å². The van der Waals surface area contributed by atoms with Gasteiger partial charge >= 0.3 is 0 Å². The van der Waals surface area contributed by atoms with Gasteiger partial charge in [-0.25, -0.2) is 0 Å². The maximum Gasteiger partial charge on any atom is 0.161 e. The Morgan fingerprint density at radius 1 is 1.14 bits per heavy atom. The summed E-state index contributed by atoms with van der Waals surface area (Å²) in [5, 5.41) is 13.9. The molecule has 1 fully saturated rings. The predicted octanol–water partition coefficient (Wildman–Crippen LogP) is 2.80. The van der Waals surface area contributed by atoms with Crippen LogP contribution in [-0.2, 0) is 0 Å². The van der Waals surface area contributed by atoms with E-state index in [9.17, 15) is 5.11 Å². The van der Waals surface area contributed by atoms with E-state index in [0.29, 0.717) is 19.8 Å². The average Bonchev–Trinajstić information content (AvgIpc) is 2.79. The number of nitrogens with one attached hydrogen (secondary N) is 1. The smallest absolute Gasteiger partial charge is 0.161 e. The molecular weight excluding hydrogens is 266 g/mol. The van der Waals surface area contributed by atoms with Gasteiger partial charge in [0, 0.05) is 19.0 Å². The highest BCUT2D eigenvalue weighted by molar-refractivity contribution is 5.44. The molecule has 2 aliphatic rings. The number of aliphatic hydroxyl groups is 1. The maximum absolute atomic E-state index is 10.4. The van der Waals surface area contributed by atoms with Gasteiger partial charge in [0.15, 0.2) is 11.5 Å². The molecular formula is C17H25NO3. The standard InChI is InChI=1S/C17H25NO3/c1-13(18-12-17(19)7-2-3-8-17)14-5-6-15-16(11-14)21-10-4-9-20-15/h5-6,11,13,18-19H,2-4,7-10,12H2,1H3. The average molecular weight is 291 g/mol. The fourth-order valence-electron chi connectivity index (χ4n) is 3.12. The molecule has 0 radical (unpaired) electrons. The van der Waals surface area contributed by atoms with Crippen LogP contribution < -0.4 is 14.8 Å². The van der Waals surface area contributed by atoms with E-state index in [1.165, 1.54) is 5.56 Å². The van der Waals surface area contributed by atoms with Crippen LogP contribution in [0.15, 0.2) is 18.2 Å². The predicted molar refractivity (Wildman–Crippen MR) is 81.9 cm³/mol. The fraction of sp³-hybridized carbons (Fsp3) is 0.647. The van der Waals surface area contributed by atoms with E-state index in [1.807, 2.05) is 6.07 Å². The van der Waals surface area contributed by atoms with E-state index in [1.54, 1.807) is 0 Å². The summed E-state index contributed by atoms with van der Waals surface area (Å²) in [6, 6.07) is 6.30. The molecule has 4 heteroatoms. The van der Waals surface area contributed by atoms with Gasteiger partial charge in [-0.2, -0.15) is 0 Å². The van der Waals surface area contributed by atoms with Crippen LogP contribution in [0.5, 0.6) is 11.5 Å². The summed E-state index contributed by atoms with van der Waals surface area (Å²) >= 11 is 0. The summed E-state index contributed by atoms with van der Waals surface area (Å²) in [5.74, 6) is 1.66. The molecule has 0 aromatic heterocycles. The van der Waals surface area contributed by atoms with Crippen molar-refractivity contribution < 1.29 is 14.6 Å². The van der Waals surface area contributed by atoms with Crippen molar-refractivity contribution in [3.8, 4) is 11.5 Å². The van der Waals surface area contributed by atoms with Gasteiger partial charge in [-0.3, -0.25) is 0 Å². The lowest BCUT2D eigenvalue weighted by molar-refractivity contribution is 0.0453. The minimum Gasteiger partial charge on any atom is -0.490 e. The minimum atomic E-state index is -0.514. The molecule has 0 amide bonds. The van der Waals surface area contributed by atoms with Crippen molar-refractivity contribution in [2.24, 2.45) is 0 Å². The lowest BCUT2D eigenvalue weighted by Crippen LogP contribution is -2.39. The third kappa shape index (κ3) is 3.50. The van der Waals surface area contributed by atoms with Gasteiger partial charge in [0.1, 0.15) is 0 Å². The van der Waals surface area contributed by atoms with E-state index in [0.717, 1.165) is 43.6 Å². The first-order valence-electron chi connectivity index (χ1n) is 8.02. The molecule has 1 atom stereocenters. The van der Waals surface area contributed by atoms with Gasteiger partial charge in [0.25, 0.3) is 0 Å². The van der Waals surface area contributed by atoms with Crippen molar-refractivity contribution in [1.29, 1.82) is 0 Å². The van der Waals surface area contributed by atoms with Crippen LogP contribution in [0.3, 0.4) is 0 Å². The Morgan fingerprint density at radius 3 is 2.62 bits per heavy atom. The Labute approximate surface area is 126 Å². The van der Waals surface area contributed by atoms with Gasteiger partial charge in [-0.15, -0.1) is 0 Å². The first-order valence-corrected chi connectivity index (χ1v) is 8.02. The van der Waals surface area contributed by atoms with Crippen molar-refractivity contribution in [2.45, 2.75) is 50.7 Å². The summed E-state index contributed by atoms with van der Waals surface area (Å²) in [5.41, 5.74) is 0.653. The van der Waals surface area contributed by atoms with Crippen LogP contribution in [0, 0.1) is 0 Å². The Hall–Kier alpha value is -1.26. The van der Waals surface area contributed by atoms with Crippen LogP contribution in [0.4, 0.5) is 0 Å². The summed E-state index contributed by atoms with van der Waals surface area (Å²) in [4.78, 5) is 0. The summed E-state index contributed by atoms with van der Waals surface area (Å²) in [6.07, 6.45) is 5.01. The highest BCUT2D eigenvalue weighted by Gasteiger charge is 2.31. The molecule has 3 rings (SSSR count). The Morgan fingerprint density at radius 2 is 1.86 bits per heavy atom. The second-order valence-electron chi connectivity index (χ2n) is 6.29. The van der Waals surface area contributed by atoms with Crippen LogP contribution >= 0.6 is 0 Å². The van der Waals surface area contributed by atoms with E-state index in [2.05, 4.69) is 24.4 Å². The highest BCUT2D eigenvalue weighted by Crippen LogP contribution is 2.33. The van der Waals surface area contributed by atoms with Crippen LogP contribution in [0.2, 0.25) is 0 Å². The number of ether oxygens (including phenoxy) is 2. The third-order valence-electron chi connectivity index (χ3n) is 4.54. The summed E-state index contributed by atoms with van der Waals surface area (Å²) < 4.78 is 11.4. The topological polar surface area (TPSA) is 50.7 Å². The van der Waals surface area contributed by atoms with Crippen molar-refractivity contribution in [1.82, 2.24) is 5.32 Å². The van der Waals surface area contributed by atoms with Crippen molar-refractivity contribution in [3.05, 3.63) is 23.8 Å². The molecule has 21 heavy (non-hydrogen) atoms. The highest BCUT2D eigenvalue weighted by atomic mass is 16.5. The Kier molecular flexibility index (Phi) is 4.36. The molecule has 2 N–H and O–H groups in total. The van der Waals surface area contributed by atoms with Crippen LogP contribution in [-0.4, -0.2) is 30.5 Å². The Bertz CT molecular complexity index is 483. The molecule has 1 aliphatic carbocycles. The lowest BCUT2D eigenvalue weighted by atomic mass is 10.0. The number of fused-ring (bicyclic) bond motifs is 1. The van der Waals surface area contributed by atoms with Gasteiger partial charge in [-0.05, 0) is 37.5 Å². The van der Waals surface area contributed by atoms with E-state index in [-0.39, 0.29) is 6.04 Å². The van der Waals surface area contributed by atoms with Gasteiger partial charge in [-0.1, -0.05) is 18.9 Å². The number of hydrogen-bond donors (Lipinski definition) is 2. The van der Waals surface area contributed by atoms with Crippen molar-refractivity contribution >= 4 is 0 Å². The second-order valence-corrected chi connectivity index (χ2v) is 6.29. The first-order chi connectivity index (χ1) is 10.2. The normalized spacial score (nSPS) is 21.8. The molecule has 0 bridgehead atoms. The molecule has 1 heterocycles. The molecule has 116 valence electrons. The molecule has 1 unspecified atom stereocenters. The maximum atomic E-state index is 10.4. The number of rotatable bonds is 4. The molecule has 1 aromatic rings. The van der Waals surface area contributed by atoms with Gasteiger partial charge < -0.3 is 19.9 Å². The first kappa shape index (κ1) is 14.7. The summed E-state index contributed by atoms with van der Waals surface area (Å²) in [7, 11) is 0. The van der Waals surface area contributed by atoms with Crippen molar-refractivity contribution in [2.75, 3.05) is 19.8 Å². The quantitative estimate of drug-likeness (QED) is 0.895. The third-order valence-corrected chi connectivity index (χ3v) is 4.54. The van der Waals surface area contributed by atoms with E-state index in [4.69, 9.17) is 9.47 Å². The minimum absolute atomic E-state index is 0.187.